The molecule has 6 heteroatoms. The predicted octanol–water partition coefficient (Wildman–Crippen LogP) is 2.76. The van der Waals surface area contributed by atoms with Crippen LogP contribution in [-0.4, -0.2) is 28.7 Å². The second-order valence-electron chi connectivity index (χ2n) is 6.43. The van der Waals surface area contributed by atoms with E-state index >= 15 is 0 Å². The van der Waals surface area contributed by atoms with Crippen molar-refractivity contribution >= 4 is 11.9 Å². The number of benzene rings is 1. The highest BCUT2D eigenvalue weighted by molar-refractivity contribution is 5.84. The van der Waals surface area contributed by atoms with Gasteiger partial charge in [0.05, 0.1) is 17.5 Å². The first-order valence-corrected chi connectivity index (χ1v) is 8.28. The Morgan fingerprint density at radius 3 is 2.56 bits per heavy atom. The minimum atomic E-state index is -0.924. The lowest BCUT2D eigenvalue weighted by molar-refractivity contribution is -0.141. The van der Waals surface area contributed by atoms with Crippen LogP contribution in [0.3, 0.4) is 0 Å². The third-order valence-corrected chi connectivity index (χ3v) is 4.35. The van der Waals surface area contributed by atoms with E-state index in [2.05, 4.69) is 10.5 Å². The molecule has 0 aliphatic carbocycles. The molecule has 0 radical (unpaired) electrons. The standard InChI is InChI=1S/C19H24N2O4/c1-11-6-5-7-15(8-11)9-16(19(23)24)10-20-18(22)12(2)17-13(3)21-25-14(17)4/h5-8,12,16H,9-10H2,1-4H3,(H,20,22)(H,23,24)/t12-,16+/m1/s1. The van der Waals surface area contributed by atoms with E-state index in [1.54, 1.807) is 20.8 Å². The number of hydrogen-bond acceptors (Lipinski definition) is 4. The van der Waals surface area contributed by atoms with Crippen LogP contribution in [0.2, 0.25) is 0 Å². The van der Waals surface area contributed by atoms with E-state index in [0.29, 0.717) is 17.9 Å². The summed E-state index contributed by atoms with van der Waals surface area (Å²) >= 11 is 0. The molecule has 1 aromatic carbocycles. The van der Waals surface area contributed by atoms with Gasteiger partial charge in [0.25, 0.3) is 0 Å². The Bertz CT molecular complexity index is 747. The van der Waals surface area contributed by atoms with Crippen LogP contribution in [-0.2, 0) is 16.0 Å². The van der Waals surface area contributed by atoms with E-state index in [4.69, 9.17) is 4.52 Å². The highest BCUT2D eigenvalue weighted by Crippen LogP contribution is 2.23. The van der Waals surface area contributed by atoms with Crippen molar-refractivity contribution in [2.45, 2.75) is 40.0 Å². The summed E-state index contributed by atoms with van der Waals surface area (Å²) in [6.07, 6.45) is 0.372. The molecule has 1 aromatic heterocycles. The first kappa shape index (κ1) is 18.7. The average molecular weight is 344 g/mol. The van der Waals surface area contributed by atoms with Gasteiger partial charge < -0.3 is 14.9 Å². The number of hydrogen-bond donors (Lipinski definition) is 2. The van der Waals surface area contributed by atoms with E-state index in [1.807, 2.05) is 31.2 Å². The zero-order chi connectivity index (χ0) is 18.6. The third kappa shape index (κ3) is 4.68. The topological polar surface area (TPSA) is 92.4 Å². The number of aromatic nitrogens is 1. The maximum Gasteiger partial charge on any atom is 0.308 e. The van der Waals surface area contributed by atoms with Crippen LogP contribution in [0.15, 0.2) is 28.8 Å². The van der Waals surface area contributed by atoms with Crippen LogP contribution < -0.4 is 5.32 Å². The second kappa shape index (κ2) is 7.96. The van der Waals surface area contributed by atoms with E-state index in [9.17, 15) is 14.7 Å². The summed E-state index contributed by atoms with van der Waals surface area (Å²) in [6, 6.07) is 7.73. The molecule has 6 nitrogen and oxygen atoms in total. The molecular formula is C19H24N2O4. The number of carbonyl (C=O) groups excluding carboxylic acids is 1. The Labute approximate surface area is 147 Å². The summed E-state index contributed by atoms with van der Waals surface area (Å²) in [7, 11) is 0. The van der Waals surface area contributed by atoms with E-state index in [0.717, 1.165) is 16.7 Å². The quantitative estimate of drug-likeness (QED) is 0.806. The van der Waals surface area contributed by atoms with E-state index in [1.165, 1.54) is 0 Å². The fourth-order valence-corrected chi connectivity index (χ4v) is 2.99. The predicted molar refractivity (Wildman–Crippen MR) is 93.4 cm³/mol. The molecule has 0 bridgehead atoms. The SMILES string of the molecule is Cc1cccc(C[C@@H](CNC(=O)[C@H](C)c2c(C)noc2C)C(=O)O)c1. The Morgan fingerprint density at radius 2 is 2.00 bits per heavy atom. The lowest BCUT2D eigenvalue weighted by Crippen LogP contribution is -2.36. The van der Waals surface area contributed by atoms with Crippen LogP contribution >= 0.6 is 0 Å². The molecule has 2 rings (SSSR count). The molecule has 134 valence electrons. The molecule has 2 N–H and O–H groups in total. The maximum absolute atomic E-state index is 12.4. The summed E-state index contributed by atoms with van der Waals surface area (Å²) in [5.74, 6) is -1.67. The molecule has 2 atom stereocenters. The zero-order valence-corrected chi connectivity index (χ0v) is 15.0. The third-order valence-electron chi connectivity index (χ3n) is 4.35. The molecular weight excluding hydrogens is 320 g/mol. The molecule has 0 saturated carbocycles. The first-order valence-electron chi connectivity index (χ1n) is 8.28. The highest BCUT2D eigenvalue weighted by atomic mass is 16.5. The van der Waals surface area contributed by atoms with Crippen LogP contribution in [0.1, 0.15) is 41.0 Å². The summed E-state index contributed by atoms with van der Waals surface area (Å²) in [6.45, 7) is 7.35. The monoisotopic (exact) mass is 344 g/mol. The zero-order valence-electron chi connectivity index (χ0n) is 15.0. The van der Waals surface area contributed by atoms with Crippen LogP contribution in [0.4, 0.5) is 0 Å². The van der Waals surface area contributed by atoms with Gasteiger partial charge in [0.15, 0.2) is 0 Å². The van der Waals surface area contributed by atoms with Crippen LogP contribution in [0.25, 0.3) is 0 Å². The average Bonchev–Trinajstić information content (AvgIpc) is 2.89. The van der Waals surface area contributed by atoms with Gasteiger partial charge in [0, 0.05) is 12.1 Å². The number of carboxylic acids is 1. The fraction of sp³-hybridized carbons (Fsp3) is 0.421. The van der Waals surface area contributed by atoms with Gasteiger partial charge in [-0.1, -0.05) is 35.0 Å². The van der Waals surface area contributed by atoms with Gasteiger partial charge in [0.1, 0.15) is 5.76 Å². The number of aryl methyl sites for hydroxylation is 3. The van der Waals surface area contributed by atoms with Crippen molar-refractivity contribution in [2.75, 3.05) is 6.54 Å². The summed E-state index contributed by atoms with van der Waals surface area (Å²) in [4.78, 5) is 23.9. The van der Waals surface area contributed by atoms with Gasteiger partial charge in [-0.15, -0.1) is 0 Å². The molecule has 0 fully saturated rings. The van der Waals surface area contributed by atoms with Crippen LogP contribution in [0, 0.1) is 26.7 Å². The molecule has 25 heavy (non-hydrogen) atoms. The largest absolute Gasteiger partial charge is 0.481 e. The van der Waals surface area contributed by atoms with Gasteiger partial charge >= 0.3 is 5.97 Å². The van der Waals surface area contributed by atoms with Crippen molar-refractivity contribution in [3.05, 3.63) is 52.4 Å². The van der Waals surface area contributed by atoms with E-state index in [-0.39, 0.29) is 12.5 Å². The lowest BCUT2D eigenvalue weighted by atomic mass is 9.96. The summed E-state index contributed by atoms with van der Waals surface area (Å²) in [5, 5.41) is 16.1. The van der Waals surface area contributed by atoms with Crippen molar-refractivity contribution in [1.82, 2.24) is 10.5 Å². The summed E-state index contributed by atoms with van der Waals surface area (Å²) in [5.41, 5.74) is 3.45. The molecule has 0 spiro atoms. The first-order chi connectivity index (χ1) is 11.8. The second-order valence-corrected chi connectivity index (χ2v) is 6.43. The molecule has 1 amide bonds. The Hall–Kier alpha value is -2.63. The van der Waals surface area contributed by atoms with Gasteiger partial charge in [-0.2, -0.15) is 0 Å². The van der Waals surface area contributed by atoms with Crippen molar-refractivity contribution in [2.24, 2.45) is 5.92 Å². The van der Waals surface area contributed by atoms with Gasteiger partial charge in [-0.25, -0.2) is 0 Å². The minimum absolute atomic E-state index is 0.0792. The normalized spacial score (nSPS) is 13.3. The number of carbonyl (C=O) groups is 2. The minimum Gasteiger partial charge on any atom is -0.481 e. The Kier molecular flexibility index (Phi) is 5.96. The van der Waals surface area contributed by atoms with Gasteiger partial charge in [-0.05, 0) is 39.7 Å². The van der Waals surface area contributed by atoms with Crippen molar-refractivity contribution < 1.29 is 19.2 Å². The van der Waals surface area contributed by atoms with Crippen LogP contribution in [0.5, 0.6) is 0 Å². The molecule has 0 aliphatic rings. The summed E-state index contributed by atoms with van der Waals surface area (Å²) < 4.78 is 5.10. The number of nitrogens with zero attached hydrogens (tertiary/aromatic N) is 1. The Morgan fingerprint density at radius 1 is 1.28 bits per heavy atom. The number of aliphatic carboxylic acids is 1. The maximum atomic E-state index is 12.4. The Balaban J connectivity index is 2.01. The van der Waals surface area contributed by atoms with Gasteiger partial charge in [0.2, 0.25) is 5.91 Å². The molecule has 0 aliphatic heterocycles. The smallest absolute Gasteiger partial charge is 0.308 e. The molecule has 2 aromatic rings. The van der Waals surface area contributed by atoms with Crippen molar-refractivity contribution in [1.29, 1.82) is 0 Å². The van der Waals surface area contributed by atoms with E-state index < -0.39 is 17.8 Å². The molecule has 0 unspecified atom stereocenters. The lowest BCUT2D eigenvalue weighted by Gasteiger charge is -2.16. The number of nitrogens with one attached hydrogen (secondary N) is 1. The number of amides is 1. The molecule has 1 heterocycles. The van der Waals surface area contributed by atoms with Crippen molar-refractivity contribution in [3.63, 3.8) is 0 Å². The highest BCUT2D eigenvalue weighted by Gasteiger charge is 2.25. The number of rotatable bonds is 7. The fourth-order valence-electron chi connectivity index (χ4n) is 2.99. The van der Waals surface area contributed by atoms with Crippen molar-refractivity contribution in [3.8, 4) is 0 Å². The number of carboxylic acid groups (broad SMARTS) is 1. The molecule has 0 saturated heterocycles. The van der Waals surface area contributed by atoms with Gasteiger partial charge in [-0.3, -0.25) is 9.59 Å².